The Balaban J connectivity index is 1.63. The van der Waals surface area contributed by atoms with E-state index in [1.54, 1.807) is 13.3 Å². The van der Waals surface area contributed by atoms with Crippen LogP contribution in [0.25, 0.3) is 11.4 Å². The van der Waals surface area contributed by atoms with Crippen LogP contribution in [0, 0.1) is 0 Å². The van der Waals surface area contributed by atoms with Crippen molar-refractivity contribution in [2.75, 3.05) is 12.9 Å². The van der Waals surface area contributed by atoms with E-state index < -0.39 is 0 Å². The third kappa shape index (κ3) is 6.45. The number of amides is 1. The molecule has 0 radical (unpaired) electrons. The molecule has 3 aromatic rings. The van der Waals surface area contributed by atoms with Crippen LogP contribution in [0.2, 0.25) is 0 Å². The van der Waals surface area contributed by atoms with Crippen LogP contribution in [0.1, 0.15) is 38.8 Å². The number of aromatic nitrogens is 3. The Morgan fingerprint density at radius 3 is 2.58 bits per heavy atom. The summed E-state index contributed by atoms with van der Waals surface area (Å²) in [7, 11) is 1.59. The Morgan fingerprint density at radius 1 is 1.21 bits per heavy atom. The number of hydrogen-bond donors (Lipinski definition) is 1. The average Bonchev–Trinajstić information content (AvgIpc) is 3.20. The lowest BCUT2D eigenvalue weighted by Gasteiger charge is -2.19. The molecular weight excluding hydrogens is 502 g/mol. The Labute approximate surface area is 207 Å². The molecule has 1 N–H and O–H groups in total. The van der Waals surface area contributed by atoms with Crippen LogP contribution in [-0.2, 0) is 16.8 Å². The summed E-state index contributed by atoms with van der Waals surface area (Å²) < 4.78 is 8.21. The van der Waals surface area contributed by atoms with Crippen molar-refractivity contribution in [3.05, 3.63) is 58.1 Å². The molecule has 0 spiro atoms. The highest BCUT2D eigenvalue weighted by molar-refractivity contribution is 9.10. The first kappa shape index (κ1) is 25.0. The smallest absolute Gasteiger partial charge is 0.250 e. The molecule has 0 bridgehead atoms. The van der Waals surface area contributed by atoms with E-state index in [2.05, 4.69) is 81.7 Å². The van der Waals surface area contributed by atoms with Gasteiger partial charge >= 0.3 is 0 Å². The Bertz CT molecular complexity index is 1140. The summed E-state index contributed by atoms with van der Waals surface area (Å²) in [5, 5.41) is 13.4. The van der Waals surface area contributed by atoms with Crippen molar-refractivity contribution in [2.45, 2.75) is 44.8 Å². The molecule has 0 aliphatic heterocycles. The number of ether oxygens (including phenoxy) is 1. The third-order valence-electron chi connectivity index (χ3n) is 4.96. The van der Waals surface area contributed by atoms with Gasteiger partial charge in [0.1, 0.15) is 5.75 Å². The molecule has 0 fully saturated rings. The van der Waals surface area contributed by atoms with Crippen molar-refractivity contribution in [3.63, 3.8) is 0 Å². The van der Waals surface area contributed by atoms with Crippen LogP contribution >= 0.6 is 27.7 Å². The van der Waals surface area contributed by atoms with E-state index >= 15 is 0 Å². The maximum absolute atomic E-state index is 12.3. The maximum Gasteiger partial charge on any atom is 0.250 e. The number of methoxy groups -OCH3 is 1. The fourth-order valence-electron chi connectivity index (χ4n) is 3.16. The molecule has 0 atom stereocenters. The molecule has 174 valence electrons. The molecule has 33 heavy (non-hydrogen) atoms. The Morgan fingerprint density at radius 2 is 1.94 bits per heavy atom. The van der Waals surface area contributed by atoms with Gasteiger partial charge in [0.05, 0.1) is 19.1 Å². The summed E-state index contributed by atoms with van der Waals surface area (Å²) in [4.78, 5) is 12.3. The fourth-order valence-corrected chi connectivity index (χ4v) is 4.33. The van der Waals surface area contributed by atoms with E-state index in [0.29, 0.717) is 17.5 Å². The standard InChI is InChI=1S/C24H28BrN5O2S/c1-6-30-22(16-7-9-18(10-8-16)24(2,3)4)28-29-23(30)33-15-21(31)27-26-14-17-13-19(25)11-12-20(17)32-5/h7-14H,6,15H2,1-5H3,(H,27,31). The minimum absolute atomic E-state index is 0.0932. The number of nitrogens with zero attached hydrogens (tertiary/aromatic N) is 4. The summed E-state index contributed by atoms with van der Waals surface area (Å²) in [6.07, 6.45) is 1.56. The molecule has 1 heterocycles. The SMILES string of the molecule is CCn1c(SCC(=O)NN=Cc2cc(Br)ccc2OC)nnc1-c1ccc(C(C)(C)C)cc1. The van der Waals surface area contributed by atoms with Crippen LogP contribution in [0.15, 0.2) is 57.2 Å². The number of carbonyl (C=O) groups excluding carboxylic acids is 1. The van der Waals surface area contributed by atoms with E-state index in [0.717, 1.165) is 21.4 Å². The van der Waals surface area contributed by atoms with Crippen molar-refractivity contribution in [1.82, 2.24) is 20.2 Å². The first-order valence-electron chi connectivity index (χ1n) is 10.5. The molecule has 1 amide bonds. The second-order valence-electron chi connectivity index (χ2n) is 8.35. The minimum Gasteiger partial charge on any atom is -0.496 e. The molecule has 3 rings (SSSR count). The van der Waals surface area contributed by atoms with Gasteiger partial charge in [-0.05, 0) is 36.1 Å². The zero-order chi connectivity index (χ0) is 24.0. The highest BCUT2D eigenvalue weighted by Crippen LogP contribution is 2.27. The number of hydrazone groups is 1. The second kappa shape index (κ2) is 11.0. The molecule has 0 aliphatic rings. The maximum atomic E-state index is 12.3. The largest absolute Gasteiger partial charge is 0.496 e. The topological polar surface area (TPSA) is 81.4 Å². The van der Waals surface area contributed by atoms with Gasteiger partial charge in [0.15, 0.2) is 11.0 Å². The van der Waals surface area contributed by atoms with Crippen LogP contribution < -0.4 is 10.2 Å². The summed E-state index contributed by atoms with van der Waals surface area (Å²) in [6.45, 7) is 9.31. The van der Waals surface area contributed by atoms with E-state index in [-0.39, 0.29) is 17.1 Å². The lowest BCUT2D eigenvalue weighted by molar-refractivity contribution is -0.118. The lowest BCUT2D eigenvalue weighted by atomic mass is 9.87. The van der Waals surface area contributed by atoms with Gasteiger partial charge in [-0.3, -0.25) is 4.79 Å². The number of thioether (sulfide) groups is 1. The van der Waals surface area contributed by atoms with E-state index in [1.807, 2.05) is 29.7 Å². The molecule has 0 saturated heterocycles. The van der Waals surface area contributed by atoms with Crippen LogP contribution in [0.5, 0.6) is 5.75 Å². The highest BCUT2D eigenvalue weighted by Gasteiger charge is 2.17. The Kier molecular flexibility index (Phi) is 8.31. The predicted octanol–water partition coefficient (Wildman–Crippen LogP) is 5.28. The molecule has 7 nitrogen and oxygen atoms in total. The fraction of sp³-hybridized carbons (Fsp3) is 0.333. The Hall–Kier alpha value is -2.65. The van der Waals surface area contributed by atoms with Crippen LogP contribution in [0.3, 0.4) is 0 Å². The summed E-state index contributed by atoms with van der Waals surface area (Å²) >= 11 is 4.75. The van der Waals surface area contributed by atoms with Crippen molar-refractivity contribution >= 4 is 39.8 Å². The number of halogens is 1. The van der Waals surface area contributed by atoms with Gasteiger partial charge in [0, 0.05) is 22.1 Å². The van der Waals surface area contributed by atoms with Crippen molar-refractivity contribution in [3.8, 4) is 17.1 Å². The molecule has 2 aromatic carbocycles. The number of rotatable bonds is 8. The van der Waals surface area contributed by atoms with Crippen LogP contribution in [0.4, 0.5) is 0 Å². The lowest BCUT2D eigenvalue weighted by Crippen LogP contribution is -2.20. The first-order valence-corrected chi connectivity index (χ1v) is 12.3. The second-order valence-corrected chi connectivity index (χ2v) is 10.2. The number of carbonyl (C=O) groups is 1. The van der Waals surface area contributed by atoms with Crippen molar-refractivity contribution < 1.29 is 9.53 Å². The third-order valence-corrected chi connectivity index (χ3v) is 6.42. The number of nitrogens with one attached hydrogen (secondary N) is 1. The zero-order valence-corrected chi connectivity index (χ0v) is 21.8. The predicted molar refractivity (Wildman–Crippen MR) is 137 cm³/mol. The van der Waals surface area contributed by atoms with E-state index in [1.165, 1.54) is 17.3 Å². The van der Waals surface area contributed by atoms with Crippen molar-refractivity contribution in [2.24, 2.45) is 5.10 Å². The summed E-state index contributed by atoms with van der Waals surface area (Å²) in [6, 6.07) is 14.0. The zero-order valence-electron chi connectivity index (χ0n) is 19.4. The minimum atomic E-state index is -0.230. The molecule has 0 saturated carbocycles. The van der Waals surface area contributed by atoms with Gasteiger partial charge in [-0.1, -0.05) is 72.7 Å². The first-order chi connectivity index (χ1) is 15.7. The van der Waals surface area contributed by atoms with Gasteiger partial charge in [-0.15, -0.1) is 10.2 Å². The van der Waals surface area contributed by atoms with E-state index in [9.17, 15) is 4.79 Å². The molecule has 9 heteroatoms. The van der Waals surface area contributed by atoms with Gasteiger partial charge in [0.2, 0.25) is 0 Å². The van der Waals surface area contributed by atoms with Gasteiger partial charge < -0.3 is 9.30 Å². The van der Waals surface area contributed by atoms with Gasteiger partial charge in [-0.25, -0.2) is 5.43 Å². The molecular formula is C24H28BrN5O2S. The van der Waals surface area contributed by atoms with Gasteiger partial charge in [-0.2, -0.15) is 5.10 Å². The quantitative estimate of drug-likeness (QED) is 0.244. The molecule has 1 aromatic heterocycles. The monoisotopic (exact) mass is 529 g/mol. The average molecular weight is 530 g/mol. The number of benzene rings is 2. The molecule has 0 unspecified atom stereocenters. The van der Waals surface area contributed by atoms with Crippen LogP contribution in [-0.4, -0.2) is 39.7 Å². The summed E-state index contributed by atoms with van der Waals surface area (Å²) in [5.74, 6) is 1.41. The van der Waals surface area contributed by atoms with E-state index in [4.69, 9.17) is 4.74 Å². The number of hydrogen-bond acceptors (Lipinski definition) is 6. The summed E-state index contributed by atoms with van der Waals surface area (Å²) in [5.41, 5.74) is 5.67. The molecule has 0 aliphatic carbocycles. The van der Waals surface area contributed by atoms with Gasteiger partial charge in [0.25, 0.3) is 5.91 Å². The highest BCUT2D eigenvalue weighted by atomic mass is 79.9. The normalized spacial score (nSPS) is 11.7. The van der Waals surface area contributed by atoms with Crippen molar-refractivity contribution in [1.29, 1.82) is 0 Å².